The Hall–Kier alpha value is -4.84. The molecule has 2 nitrogen and oxygen atoms in total. The minimum Gasteiger partial charge on any atom is -0.452 e. The Balaban J connectivity index is 1.39. The monoisotopic (exact) mass is 754 g/mol. The van der Waals surface area contributed by atoms with Crippen molar-refractivity contribution in [3.8, 4) is 23.0 Å². The zero-order chi connectivity index (χ0) is 36.3. The van der Waals surface area contributed by atoms with Crippen LogP contribution in [0.5, 0.6) is 23.0 Å². The maximum Gasteiger partial charge on any atom is 0.205 e. The number of fused-ring (bicyclic) bond motifs is 2. The van der Waals surface area contributed by atoms with Crippen LogP contribution in [0.3, 0.4) is 0 Å². The van der Waals surface area contributed by atoms with Gasteiger partial charge in [-0.25, -0.2) is 52.7 Å². The topological polar surface area (TPSA) is 18.5 Å². The van der Waals surface area contributed by atoms with Gasteiger partial charge >= 0.3 is 0 Å². The van der Waals surface area contributed by atoms with Crippen molar-refractivity contribution in [1.82, 2.24) is 0 Å². The van der Waals surface area contributed by atoms with Crippen LogP contribution in [0, 0.1) is 81.4 Å². The molecule has 0 aliphatic rings. The molecular formula is C32H8F14O2S2. The van der Waals surface area contributed by atoms with Gasteiger partial charge in [-0.15, -0.1) is 0 Å². The standard InChI is InChI=1S/C32H8F14O2S2/c33-17-13-15(21(37)25(41)23(17)39)31(29(45)27(43)19(13)35)47-9-5-1-3-7-11(9)49-50-12-8-4-2-6-10(12)48-32-16-14(20(36)28(44)30(32)46)18(34)24(40)26(42)22(16)38/h1-8H. The van der Waals surface area contributed by atoms with Crippen LogP contribution < -0.4 is 9.47 Å². The zero-order valence-electron chi connectivity index (χ0n) is 23.5. The third-order valence-electron chi connectivity index (χ3n) is 6.94. The van der Waals surface area contributed by atoms with Crippen molar-refractivity contribution in [3.63, 3.8) is 0 Å². The van der Waals surface area contributed by atoms with Crippen molar-refractivity contribution in [3.05, 3.63) is 130 Å². The Labute approximate surface area is 276 Å². The smallest absolute Gasteiger partial charge is 0.205 e. The Morgan fingerprint density at radius 2 is 0.560 bits per heavy atom. The quantitative estimate of drug-likeness (QED) is 0.0699. The van der Waals surface area contributed by atoms with E-state index in [1.807, 2.05) is 0 Å². The van der Waals surface area contributed by atoms with E-state index in [-0.39, 0.29) is 9.79 Å². The zero-order valence-corrected chi connectivity index (χ0v) is 25.2. The van der Waals surface area contributed by atoms with Gasteiger partial charge < -0.3 is 9.47 Å². The Morgan fingerprint density at radius 3 is 0.880 bits per heavy atom. The molecule has 0 aliphatic heterocycles. The van der Waals surface area contributed by atoms with Crippen LogP contribution in [0.1, 0.15) is 0 Å². The van der Waals surface area contributed by atoms with E-state index >= 15 is 0 Å². The van der Waals surface area contributed by atoms with Gasteiger partial charge in [0.25, 0.3) is 0 Å². The third-order valence-corrected chi connectivity index (χ3v) is 9.38. The fraction of sp³-hybridized carbons (Fsp3) is 0. The number of benzene rings is 6. The van der Waals surface area contributed by atoms with E-state index < -0.39 is 126 Å². The van der Waals surface area contributed by atoms with Crippen LogP contribution in [0.15, 0.2) is 58.3 Å². The lowest BCUT2D eigenvalue weighted by Gasteiger charge is -2.17. The number of rotatable bonds is 7. The summed E-state index contributed by atoms with van der Waals surface area (Å²) in [5, 5.41) is -6.83. The van der Waals surface area contributed by atoms with Crippen molar-refractivity contribution >= 4 is 43.1 Å². The average molecular weight is 755 g/mol. The number of hydrogen-bond acceptors (Lipinski definition) is 4. The molecule has 0 atom stereocenters. The molecule has 0 saturated carbocycles. The lowest BCUT2D eigenvalue weighted by molar-refractivity contribution is 0.384. The first kappa shape index (κ1) is 35.0. The van der Waals surface area contributed by atoms with Gasteiger partial charge in [-0.1, -0.05) is 24.3 Å². The van der Waals surface area contributed by atoms with Gasteiger partial charge in [0.1, 0.15) is 11.5 Å². The molecule has 18 heteroatoms. The molecule has 0 heterocycles. The van der Waals surface area contributed by atoms with Crippen LogP contribution in [-0.2, 0) is 0 Å². The highest BCUT2D eigenvalue weighted by atomic mass is 33.1. The van der Waals surface area contributed by atoms with E-state index in [9.17, 15) is 61.5 Å². The van der Waals surface area contributed by atoms with Crippen molar-refractivity contribution < 1.29 is 70.9 Å². The fourth-order valence-electron chi connectivity index (χ4n) is 4.64. The SMILES string of the molecule is Fc1c(F)c(F)c2c(Oc3ccccc3SSc3ccccc3Oc3c(F)c(F)c(F)c4c(F)c(F)c(F)c(F)c34)c(F)c(F)c(F)c2c1F. The highest BCUT2D eigenvalue weighted by molar-refractivity contribution is 8.76. The molecule has 0 fully saturated rings. The van der Waals surface area contributed by atoms with Crippen LogP contribution in [0.2, 0.25) is 0 Å². The van der Waals surface area contributed by atoms with Gasteiger partial charge in [-0.05, 0) is 45.9 Å². The molecule has 50 heavy (non-hydrogen) atoms. The maximum atomic E-state index is 14.9. The molecule has 0 radical (unpaired) electrons. The first-order valence-corrected chi connectivity index (χ1v) is 15.3. The van der Waals surface area contributed by atoms with Crippen LogP contribution in [0.4, 0.5) is 61.5 Å². The Kier molecular flexibility index (Phi) is 9.19. The second kappa shape index (κ2) is 13.1. The van der Waals surface area contributed by atoms with Gasteiger partial charge in [-0.2, -0.15) is 8.78 Å². The summed E-state index contributed by atoms with van der Waals surface area (Å²) in [5.41, 5.74) is 0. The molecule has 0 aliphatic carbocycles. The van der Waals surface area contributed by atoms with Crippen molar-refractivity contribution in [2.75, 3.05) is 0 Å². The van der Waals surface area contributed by atoms with Gasteiger partial charge in [0.2, 0.25) is 11.6 Å². The molecule has 0 N–H and O–H groups in total. The summed E-state index contributed by atoms with van der Waals surface area (Å²) in [6.07, 6.45) is 0. The predicted octanol–water partition coefficient (Wildman–Crippen LogP) is 12.3. The second-order valence-electron chi connectivity index (χ2n) is 9.82. The summed E-state index contributed by atoms with van der Waals surface area (Å²) in [5.74, 6) is -37.6. The van der Waals surface area contributed by atoms with Crippen LogP contribution in [0.25, 0.3) is 21.5 Å². The number of halogens is 14. The molecule has 0 aromatic heterocycles. The number of para-hydroxylation sites is 2. The summed E-state index contributed by atoms with van der Waals surface area (Å²) in [7, 11) is 1.29. The predicted molar refractivity (Wildman–Crippen MR) is 152 cm³/mol. The second-order valence-corrected chi connectivity index (χ2v) is 12.0. The highest BCUT2D eigenvalue weighted by Gasteiger charge is 2.33. The molecule has 0 spiro atoms. The van der Waals surface area contributed by atoms with E-state index in [1.165, 1.54) is 36.4 Å². The van der Waals surface area contributed by atoms with Crippen LogP contribution >= 0.6 is 21.6 Å². The lowest BCUT2D eigenvalue weighted by Crippen LogP contribution is -2.06. The van der Waals surface area contributed by atoms with Gasteiger partial charge in [0, 0.05) is 0 Å². The van der Waals surface area contributed by atoms with E-state index in [4.69, 9.17) is 9.47 Å². The van der Waals surface area contributed by atoms with Crippen molar-refractivity contribution in [2.45, 2.75) is 9.79 Å². The summed E-state index contributed by atoms with van der Waals surface area (Å²) in [6.45, 7) is 0. The first-order valence-electron chi connectivity index (χ1n) is 13.2. The summed E-state index contributed by atoms with van der Waals surface area (Å²) in [4.78, 5) is -0.161. The molecule has 0 bridgehead atoms. The van der Waals surface area contributed by atoms with Gasteiger partial charge in [-0.3, -0.25) is 0 Å². The normalized spacial score (nSPS) is 11.6. The van der Waals surface area contributed by atoms with Crippen molar-refractivity contribution in [2.24, 2.45) is 0 Å². The van der Waals surface area contributed by atoms with Crippen molar-refractivity contribution in [1.29, 1.82) is 0 Å². The third kappa shape index (κ3) is 5.49. The minimum atomic E-state index is -2.51. The number of ether oxygens (including phenoxy) is 2. The molecule has 0 unspecified atom stereocenters. The first-order chi connectivity index (χ1) is 23.7. The number of hydrogen-bond donors (Lipinski definition) is 0. The largest absolute Gasteiger partial charge is 0.452 e. The molecule has 6 aromatic rings. The van der Waals surface area contributed by atoms with E-state index in [0.29, 0.717) is 21.6 Å². The Bertz CT molecular complexity index is 2220. The summed E-state index contributed by atoms with van der Waals surface area (Å²) >= 11 is 0. The molecule has 6 aromatic carbocycles. The lowest BCUT2D eigenvalue weighted by atomic mass is 10.1. The molecule has 6 rings (SSSR count). The van der Waals surface area contributed by atoms with E-state index in [0.717, 1.165) is 12.1 Å². The maximum absolute atomic E-state index is 14.9. The minimum absolute atomic E-state index is 0.0804. The highest BCUT2D eigenvalue weighted by Crippen LogP contribution is 2.49. The van der Waals surface area contributed by atoms with Gasteiger partial charge in [0.15, 0.2) is 81.3 Å². The van der Waals surface area contributed by atoms with Crippen LogP contribution in [-0.4, -0.2) is 0 Å². The van der Waals surface area contributed by atoms with E-state index in [2.05, 4.69) is 0 Å². The molecule has 258 valence electrons. The average Bonchev–Trinajstić information content (AvgIpc) is 3.11. The van der Waals surface area contributed by atoms with Gasteiger partial charge in [0.05, 0.1) is 31.3 Å². The summed E-state index contributed by atoms with van der Waals surface area (Å²) < 4.78 is 212. The molecule has 0 saturated heterocycles. The molecular weight excluding hydrogens is 746 g/mol. The molecule has 0 amide bonds. The summed E-state index contributed by atoms with van der Waals surface area (Å²) in [6, 6.07) is 9.77. The Morgan fingerprint density at radius 1 is 0.300 bits per heavy atom. The fourth-order valence-corrected chi connectivity index (χ4v) is 6.84. The van der Waals surface area contributed by atoms with E-state index in [1.54, 1.807) is 0 Å².